The van der Waals surface area contributed by atoms with Crippen LogP contribution >= 0.6 is 15.6 Å². The van der Waals surface area contributed by atoms with Crippen molar-refractivity contribution >= 4 is 39.5 Å². The van der Waals surface area contributed by atoms with Gasteiger partial charge in [-0.25, -0.2) is 9.13 Å². The van der Waals surface area contributed by atoms with Crippen molar-refractivity contribution in [3.8, 4) is 0 Å². The molecule has 0 bridgehead atoms. The number of esters is 4. The molecule has 87 heavy (non-hydrogen) atoms. The van der Waals surface area contributed by atoms with Crippen LogP contribution < -0.4 is 0 Å². The largest absolute Gasteiger partial charge is 0.472 e. The third kappa shape index (κ3) is 60.1. The predicted molar refractivity (Wildman–Crippen MR) is 349 cm³/mol. The van der Waals surface area contributed by atoms with E-state index < -0.39 is 97.5 Å². The number of hydrogen-bond donors (Lipinski definition) is 3. The van der Waals surface area contributed by atoms with E-state index in [4.69, 9.17) is 37.0 Å². The van der Waals surface area contributed by atoms with Crippen LogP contribution in [-0.2, 0) is 65.4 Å². The first-order chi connectivity index (χ1) is 41.7. The zero-order valence-electron chi connectivity index (χ0n) is 56.6. The highest BCUT2D eigenvalue weighted by molar-refractivity contribution is 7.47. The molecule has 516 valence electrons. The Hall–Kier alpha value is -1.94. The van der Waals surface area contributed by atoms with Crippen LogP contribution in [0.5, 0.6) is 0 Å². The third-order valence-corrected chi connectivity index (χ3v) is 18.2. The normalized spacial score (nSPS) is 15.0. The number of aliphatic hydroxyl groups excluding tert-OH is 1. The van der Waals surface area contributed by atoms with Crippen molar-refractivity contribution in [3.05, 3.63) is 0 Å². The molecule has 0 aliphatic carbocycles. The van der Waals surface area contributed by atoms with Gasteiger partial charge < -0.3 is 33.8 Å². The van der Waals surface area contributed by atoms with E-state index in [2.05, 4.69) is 55.4 Å². The first kappa shape index (κ1) is 85.1. The quantitative estimate of drug-likeness (QED) is 0.0222. The van der Waals surface area contributed by atoms with Crippen LogP contribution in [0.4, 0.5) is 0 Å². The number of hydrogen-bond acceptors (Lipinski definition) is 15. The Morgan fingerprint density at radius 3 is 0.816 bits per heavy atom. The molecule has 0 saturated heterocycles. The molecular weight excluding hydrogens is 1150 g/mol. The second-order valence-electron chi connectivity index (χ2n) is 26.0. The molecular formula is C68H132O17P2. The van der Waals surface area contributed by atoms with Crippen molar-refractivity contribution in [2.45, 2.75) is 350 Å². The summed E-state index contributed by atoms with van der Waals surface area (Å²) < 4.78 is 68.2. The molecule has 0 aliphatic rings. The van der Waals surface area contributed by atoms with Crippen LogP contribution in [0.3, 0.4) is 0 Å². The van der Waals surface area contributed by atoms with Crippen molar-refractivity contribution in [2.24, 2.45) is 23.7 Å². The third-order valence-electron chi connectivity index (χ3n) is 16.3. The van der Waals surface area contributed by atoms with E-state index >= 15 is 0 Å². The number of ether oxygens (including phenoxy) is 4. The summed E-state index contributed by atoms with van der Waals surface area (Å²) >= 11 is 0. The van der Waals surface area contributed by atoms with Crippen molar-refractivity contribution in [2.75, 3.05) is 39.6 Å². The van der Waals surface area contributed by atoms with Crippen LogP contribution in [0.25, 0.3) is 0 Å². The number of rotatable bonds is 65. The van der Waals surface area contributed by atoms with Crippen molar-refractivity contribution in [3.63, 3.8) is 0 Å². The van der Waals surface area contributed by atoms with Crippen molar-refractivity contribution in [1.29, 1.82) is 0 Å². The lowest BCUT2D eigenvalue weighted by Crippen LogP contribution is -2.30. The molecule has 7 atom stereocenters. The molecule has 17 nitrogen and oxygen atoms in total. The summed E-state index contributed by atoms with van der Waals surface area (Å²) in [4.78, 5) is 72.4. The van der Waals surface area contributed by atoms with Gasteiger partial charge in [-0.3, -0.25) is 37.3 Å². The Morgan fingerprint density at radius 1 is 0.322 bits per heavy atom. The second-order valence-corrected chi connectivity index (χ2v) is 28.9. The van der Waals surface area contributed by atoms with E-state index in [0.29, 0.717) is 25.7 Å². The van der Waals surface area contributed by atoms with Gasteiger partial charge in [0.25, 0.3) is 0 Å². The SMILES string of the molecule is CCC(C)CCCCCCCCCCCCC(=O)OC[C@H](COP(=O)(O)OCC(O)COP(=O)(O)OC[C@@H](COC(=O)CCCCCCCCCCC(C)C)OC(=O)CCCCCCCCCCCC(C)C)OC(=O)CCCCCCCCC(C)CC. The lowest BCUT2D eigenvalue weighted by Gasteiger charge is -2.21. The molecule has 0 rings (SSSR count). The van der Waals surface area contributed by atoms with Gasteiger partial charge in [-0.05, 0) is 49.4 Å². The summed E-state index contributed by atoms with van der Waals surface area (Å²) in [6.07, 6.45) is 38.9. The van der Waals surface area contributed by atoms with Crippen LogP contribution in [0.1, 0.15) is 331 Å². The van der Waals surface area contributed by atoms with Gasteiger partial charge in [0.1, 0.15) is 19.3 Å². The molecule has 0 aromatic heterocycles. The van der Waals surface area contributed by atoms with Gasteiger partial charge in [0.2, 0.25) is 0 Å². The molecule has 0 heterocycles. The number of carbonyl (C=O) groups is 4. The van der Waals surface area contributed by atoms with Crippen LogP contribution in [0, 0.1) is 23.7 Å². The summed E-state index contributed by atoms with van der Waals surface area (Å²) in [5.41, 5.74) is 0. The summed E-state index contributed by atoms with van der Waals surface area (Å²) in [5.74, 6) is 0.857. The molecule has 0 aliphatic heterocycles. The Bertz CT molecular complexity index is 1730. The van der Waals surface area contributed by atoms with Crippen LogP contribution in [-0.4, -0.2) is 96.7 Å². The minimum Gasteiger partial charge on any atom is -0.462 e. The Morgan fingerprint density at radius 2 is 0.552 bits per heavy atom. The lowest BCUT2D eigenvalue weighted by molar-refractivity contribution is -0.161. The maximum Gasteiger partial charge on any atom is 0.472 e. The van der Waals surface area contributed by atoms with Gasteiger partial charge in [-0.2, -0.15) is 0 Å². The highest BCUT2D eigenvalue weighted by Crippen LogP contribution is 2.45. The molecule has 19 heteroatoms. The number of carbonyl (C=O) groups excluding carboxylic acids is 4. The van der Waals surface area contributed by atoms with E-state index in [-0.39, 0.29) is 25.7 Å². The van der Waals surface area contributed by atoms with Gasteiger partial charge in [0, 0.05) is 25.7 Å². The summed E-state index contributed by atoms with van der Waals surface area (Å²) in [6, 6.07) is 0. The molecule has 0 radical (unpaired) electrons. The molecule has 5 unspecified atom stereocenters. The molecule has 0 saturated carbocycles. The minimum absolute atomic E-state index is 0.102. The van der Waals surface area contributed by atoms with E-state index in [1.807, 2.05) is 0 Å². The first-order valence-corrected chi connectivity index (χ1v) is 38.3. The average Bonchev–Trinajstić information content (AvgIpc) is 3.70. The van der Waals surface area contributed by atoms with E-state index in [1.54, 1.807) is 0 Å². The second kappa shape index (κ2) is 57.9. The topological polar surface area (TPSA) is 237 Å². The molecule has 3 N–H and O–H groups in total. The fraction of sp³-hybridized carbons (Fsp3) is 0.941. The smallest absolute Gasteiger partial charge is 0.462 e. The Labute approximate surface area is 530 Å². The maximum absolute atomic E-state index is 13.0. The highest BCUT2D eigenvalue weighted by atomic mass is 31.2. The maximum atomic E-state index is 13.0. The standard InChI is InChI=1S/C68H132O17P2/c1-9-60(7)46-38-30-22-15-11-12-16-23-32-40-48-65(70)78-55-64(85-68(73)51-43-35-27-26-31-39-47-61(8)10-2)57-83-87(76,77)81-53-62(69)52-80-86(74,75)82-56-63(54-79-66(71)49-41-33-24-19-18-21-29-37-45-59(5)6)84-67(72)50-42-34-25-17-13-14-20-28-36-44-58(3)4/h58-64,69H,9-57H2,1-8H3,(H,74,75)(H,76,77)/t60?,61?,62?,63-,64-/m1/s1. The highest BCUT2D eigenvalue weighted by Gasteiger charge is 2.30. The van der Waals surface area contributed by atoms with Gasteiger partial charge in [0.05, 0.1) is 26.4 Å². The molecule has 0 spiro atoms. The van der Waals surface area contributed by atoms with Gasteiger partial charge in [-0.1, -0.05) is 280 Å². The molecule has 0 aromatic carbocycles. The number of phosphoric acid groups is 2. The van der Waals surface area contributed by atoms with Crippen LogP contribution in [0.2, 0.25) is 0 Å². The zero-order chi connectivity index (χ0) is 64.7. The monoisotopic (exact) mass is 1280 g/mol. The number of phosphoric ester groups is 2. The van der Waals surface area contributed by atoms with E-state index in [9.17, 15) is 43.2 Å². The van der Waals surface area contributed by atoms with Crippen LogP contribution in [0.15, 0.2) is 0 Å². The fourth-order valence-electron chi connectivity index (χ4n) is 10.1. The fourth-order valence-corrected chi connectivity index (χ4v) is 11.7. The van der Waals surface area contributed by atoms with E-state index in [0.717, 1.165) is 114 Å². The summed E-state index contributed by atoms with van der Waals surface area (Å²) in [6.45, 7) is 14.1. The summed E-state index contributed by atoms with van der Waals surface area (Å²) in [7, 11) is -9.90. The molecule has 0 aromatic rings. The zero-order valence-corrected chi connectivity index (χ0v) is 58.4. The van der Waals surface area contributed by atoms with Gasteiger partial charge in [-0.15, -0.1) is 0 Å². The predicted octanol–water partition coefficient (Wildman–Crippen LogP) is 18.9. The first-order valence-electron chi connectivity index (χ1n) is 35.3. The Balaban J connectivity index is 5.25. The number of aliphatic hydroxyl groups is 1. The van der Waals surface area contributed by atoms with Crippen molar-refractivity contribution < 1.29 is 80.2 Å². The molecule has 0 fully saturated rings. The lowest BCUT2D eigenvalue weighted by atomic mass is 9.99. The summed E-state index contributed by atoms with van der Waals surface area (Å²) in [5, 5.41) is 10.6. The van der Waals surface area contributed by atoms with Gasteiger partial charge in [0.15, 0.2) is 12.2 Å². The number of unbranched alkanes of at least 4 members (excludes halogenated alkanes) is 29. The van der Waals surface area contributed by atoms with Gasteiger partial charge >= 0.3 is 39.5 Å². The van der Waals surface area contributed by atoms with E-state index in [1.165, 1.54) is 135 Å². The Kier molecular flexibility index (Phi) is 56.6. The minimum atomic E-state index is -4.95. The average molecular weight is 1280 g/mol. The molecule has 0 amide bonds. The van der Waals surface area contributed by atoms with Crippen molar-refractivity contribution in [1.82, 2.24) is 0 Å².